The molecule has 15 heavy (non-hydrogen) atoms. The van der Waals surface area contributed by atoms with Crippen LogP contribution in [-0.2, 0) is 0 Å². The standard InChI is InChI=1S/C12H15BrClN/c1-15-12(6-8-2-3-8)10-7-9(13)4-5-11(10)14/h4-5,7-8,12,15H,2-3,6H2,1H3. The lowest BCUT2D eigenvalue weighted by molar-refractivity contribution is 0.514. The zero-order valence-corrected chi connectivity index (χ0v) is 11.1. The largest absolute Gasteiger partial charge is 0.313 e. The summed E-state index contributed by atoms with van der Waals surface area (Å²) < 4.78 is 1.10. The van der Waals surface area contributed by atoms with Crippen LogP contribution in [0.3, 0.4) is 0 Å². The van der Waals surface area contributed by atoms with Crippen LogP contribution >= 0.6 is 27.5 Å². The molecule has 2 rings (SSSR count). The number of benzene rings is 1. The van der Waals surface area contributed by atoms with Crippen LogP contribution in [0.2, 0.25) is 5.02 Å². The van der Waals surface area contributed by atoms with Crippen molar-refractivity contribution in [2.45, 2.75) is 25.3 Å². The van der Waals surface area contributed by atoms with E-state index in [4.69, 9.17) is 11.6 Å². The average molecular weight is 289 g/mol. The van der Waals surface area contributed by atoms with Crippen molar-refractivity contribution >= 4 is 27.5 Å². The van der Waals surface area contributed by atoms with Crippen LogP contribution in [0, 0.1) is 5.92 Å². The van der Waals surface area contributed by atoms with Crippen LogP contribution in [0.15, 0.2) is 22.7 Å². The van der Waals surface area contributed by atoms with E-state index in [9.17, 15) is 0 Å². The molecule has 1 N–H and O–H groups in total. The summed E-state index contributed by atoms with van der Waals surface area (Å²) in [6.07, 6.45) is 3.96. The van der Waals surface area contributed by atoms with E-state index >= 15 is 0 Å². The van der Waals surface area contributed by atoms with Crippen molar-refractivity contribution in [3.05, 3.63) is 33.3 Å². The van der Waals surface area contributed by atoms with Gasteiger partial charge in [0.15, 0.2) is 0 Å². The van der Waals surface area contributed by atoms with Gasteiger partial charge in [-0.15, -0.1) is 0 Å². The third-order valence-electron chi connectivity index (χ3n) is 2.95. The summed E-state index contributed by atoms with van der Waals surface area (Å²) in [7, 11) is 2.00. The molecule has 1 atom stereocenters. The van der Waals surface area contributed by atoms with Gasteiger partial charge < -0.3 is 5.32 Å². The van der Waals surface area contributed by atoms with Gasteiger partial charge in [0, 0.05) is 15.5 Å². The molecule has 1 saturated carbocycles. The fourth-order valence-corrected chi connectivity index (χ4v) is 2.50. The van der Waals surface area contributed by atoms with E-state index in [1.807, 2.05) is 19.2 Å². The molecule has 1 aromatic rings. The smallest absolute Gasteiger partial charge is 0.0454 e. The molecule has 1 aliphatic rings. The van der Waals surface area contributed by atoms with Gasteiger partial charge in [-0.05, 0) is 43.1 Å². The summed E-state index contributed by atoms with van der Waals surface area (Å²) in [4.78, 5) is 0. The Balaban J connectivity index is 2.19. The topological polar surface area (TPSA) is 12.0 Å². The normalized spacial score (nSPS) is 17.8. The van der Waals surface area contributed by atoms with E-state index in [1.165, 1.54) is 24.8 Å². The van der Waals surface area contributed by atoms with E-state index in [-0.39, 0.29) is 0 Å². The molecule has 0 spiro atoms. The van der Waals surface area contributed by atoms with Crippen molar-refractivity contribution in [2.75, 3.05) is 7.05 Å². The Hall–Kier alpha value is -0.0500. The molecule has 0 amide bonds. The molecule has 1 fully saturated rings. The maximum atomic E-state index is 6.21. The van der Waals surface area contributed by atoms with Gasteiger partial charge in [0.2, 0.25) is 0 Å². The summed E-state index contributed by atoms with van der Waals surface area (Å²) in [6, 6.07) is 6.45. The Bertz CT molecular complexity index is 349. The number of hydrogen-bond donors (Lipinski definition) is 1. The second kappa shape index (κ2) is 4.86. The molecule has 1 unspecified atom stereocenters. The second-order valence-corrected chi connectivity index (χ2v) is 5.51. The number of hydrogen-bond acceptors (Lipinski definition) is 1. The Morgan fingerprint density at radius 3 is 2.87 bits per heavy atom. The van der Waals surface area contributed by atoms with E-state index in [2.05, 4.69) is 27.3 Å². The minimum absolute atomic E-state index is 0.391. The van der Waals surface area contributed by atoms with Gasteiger partial charge in [-0.3, -0.25) is 0 Å². The summed E-state index contributed by atoms with van der Waals surface area (Å²) in [6.45, 7) is 0. The maximum Gasteiger partial charge on any atom is 0.0454 e. The van der Waals surface area contributed by atoms with Crippen LogP contribution in [0.5, 0.6) is 0 Å². The van der Waals surface area contributed by atoms with Crippen molar-refractivity contribution in [3.63, 3.8) is 0 Å². The molecule has 3 heteroatoms. The third kappa shape index (κ3) is 2.96. The van der Waals surface area contributed by atoms with Crippen molar-refractivity contribution in [3.8, 4) is 0 Å². The molecular weight excluding hydrogens is 273 g/mol. The summed E-state index contributed by atoms with van der Waals surface area (Å²) in [5.74, 6) is 0.900. The van der Waals surface area contributed by atoms with Crippen LogP contribution in [0.4, 0.5) is 0 Å². The van der Waals surface area contributed by atoms with Gasteiger partial charge >= 0.3 is 0 Å². The number of nitrogens with one attached hydrogen (secondary N) is 1. The van der Waals surface area contributed by atoms with E-state index in [0.717, 1.165) is 15.4 Å². The van der Waals surface area contributed by atoms with Crippen molar-refractivity contribution in [1.82, 2.24) is 5.32 Å². The fourth-order valence-electron chi connectivity index (χ4n) is 1.87. The Morgan fingerprint density at radius 1 is 1.53 bits per heavy atom. The van der Waals surface area contributed by atoms with Crippen LogP contribution in [-0.4, -0.2) is 7.05 Å². The lowest BCUT2D eigenvalue weighted by Gasteiger charge is -2.18. The summed E-state index contributed by atoms with van der Waals surface area (Å²) in [5, 5.41) is 4.21. The van der Waals surface area contributed by atoms with Gasteiger partial charge in [0.05, 0.1) is 0 Å². The highest BCUT2D eigenvalue weighted by Gasteiger charge is 2.26. The molecule has 0 saturated heterocycles. The predicted octanol–water partition coefficient (Wildman–Crippen LogP) is 4.16. The number of rotatable bonds is 4. The lowest BCUT2D eigenvalue weighted by atomic mass is 10.0. The minimum Gasteiger partial charge on any atom is -0.313 e. The van der Waals surface area contributed by atoms with Gasteiger partial charge in [-0.25, -0.2) is 0 Å². The molecular formula is C12H15BrClN. The first-order valence-electron chi connectivity index (χ1n) is 5.33. The van der Waals surface area contributed by atoms with Crippen molar-refractivity contribution in [2.24, 2.45) is 5.92 Å². The molecule has 1 aliphatic carbocycles. The van der Waals surface area contributed by atoms with Crippen molar-refractivity contribution < 1.29 is 0 Å². The van der Waals surface area contributed by atoms with E-state index < -0.39 is 0 Å². The second-order valence-electron chi connectivity index (χ2n) is 4.19. The highest BCUT2D eigenvalue weighted by atomic mass is 79.9. The lowest BCUT2D eigenvalue weighted by Crippen LogP contribution is -2.17. The zero-order chi connectivity index (χ0) is 10.8. The highest BCUT2D eigenvalue weighted by molar-refractivity contribution is 9.10. The molecule has 1 nitrogen and oxygen atoms in total. The van der Waals surface area contributed by atoms with Crippen LogP contribution < -0.4 is 5.32 Å². The average Bonchev–Trinajstić information content (AvgIpc) is 3.02. The molecule has 0 aliphatic heterocycles. The van der Waals surface area contributed by atoms with E-state index in [1.54, 1.807) is 0 Å². The number of halogens is 2. The first kappa shape index (κ1) is 11.4. The predicted molar refractivity (Wildman–Crippen MR) is 68.3 cm³/mol. The van der Waals surface area contributed by atoms with Gasteiger partial charge in [0.1, 0.15) is 0 Å². The Kier molecular flexibility index (Phi) is 3.70. The quantitative estimate of drug-likeness (QED) is 0.877. The minimum atomic E-state index is 0.391. The Morgan fingerprint density at radius 2 is 2.27 bits per heavy atom. The van der Waals surface area contributed by atoms with Crippen LogP contribution in [0.25, 0.3) is 0 Å². The van der Waals surface area contributed by atoms with E-state index in [0.29, 0.717) is 6.04 Å². The fraction of sp³-hybridized carbons (Fsp3) is 0.500. The maximum absolute atomic E-state index is 6.21. The van der Waals surface area contributed by atoms with Gasteiger partial charge in [-0.1, -0.05) is 40.4 Å². The summed E-state index contributed by atoms with van der Waals surface area (Å²) >= 11 is 9.70. The SMILES string of the molecule is CNC(CC1CC1)c1cc(Br)ccc1Cl. The first-order chi connectivity index (χ1) is 7.20. The summed E-state index contributed by atoms with van der Waals surface area (Å²) in [5.41, 5.74) is 1.21. The molecule has 0 heterocycles. The third-order valence-corrected chi connectivity index (χ3v) is 3.79. The van der Waals surface area contributed by atoms with Crippen molar-refractivity contribution in [1.29, 1.82) is 0 Å². The van der Waals surface area contributed by atoms with Gasteiger partial charge in [0.25, 0.3) is 0 Å². The van der Waals surface area contributed by atoms with Gasteiger partial charge in [-0.2, -0.15) is 0 Å². The van der Waals surface area contributed by atoms with Crippen LogP contribution in [0.1, 0.15) is 30.9 Å². The first-order valence-corrected chi connectivity index (χ1v) is 6.50. The Labute approximate surface area is 104 Å². The molecule has 0 bridgehead atoms. The monoisotopic (exact) mass is 287 g/mol. The molecule has 0 radical (unpaired) electrons. The highest BCUT2D eigenvalue weighted by Crippen LogP contribution is 2.39. The molecule has 82 valence electrons. The molecule has 0 aromatic heterocycles. The molecule has 1 aromatic carbocycles. The zero-order valence-electron chi connectivity index (χ0n) is 8.76.